The highest BCUT2D eigenvalue weighted by atomic mass is 35.5. The molecule has 2 heterocycles. The average molecular weight is 306 g/mol. The van der Waals surface area contributed by atoms with Crippen molar-refractivity contribution in [1.29, 1.82) is 0 Å². The van der Waals surface area contributed by atoms with E-state index in [1.54, 1.807) is 12.1 Å². The van der Waals surface area contributed by atoms with Gasteiger partial charge >= 0.3 is 0 Å². The van der Waals surface area contributed by atoms with Gasteiger partial charge in [0.05, 0.1) is 16.8 Å². The van der Waals surface area contributed by atoms with Crippen LogP contribution in [0.15, 0.2) is 45.6 Å². The summed E-state index contributed by atoms with van der Waals surface area (Å²) in [5.74, 6) is -0.515. The number of hydrogen-bond acceptors (Lipinski definition) is 5. The van der Waals surface area contributed by atoms with Crippen LogP contribution >= 0.6 is 11.6 Å². The molecule has 0 bridgehead atoms. The van der Waals surface area contributed by atoms with Crippen molar-refractivity contribution in [3.05, 3.63) is 51.2 Å². The van der Waals surface area contributed by atoms with Gasteiger partial charge in [0.2, 0.25) is 0 Å². The third-order valence-electron chi connectivity index (χ3n) is 2.75. The number of rotatable bonds is 3. The van der Waals surface area contributed by atoms with Crippen molar-refractivity contribution in [3.63, 3.8) is 0 Å². The van der Waals surface area contributed by atoms with Gasteiger partial charge in [-0.25, -0.2) is 9.98 Å². The van der Waals surface area contributed by atoms with Crippen molar-refractivity contribution in [2.45, 2.75) is 13.8 Å². The second kappa shape index (κ2) is 5.88. The van der Waals surface area contributed by atoms with Gasteiger partial charge in [-0.2, -0.15) is 0 Å². The molecule has 0 unspecified atom stereocenters. The molecular formula is C14H12ClN3O3. The number of aliphatic hydroxyl groups excluding tert-OH is 1. The number of aliphatic hydroxyl groups is 1. The molecule has 7 heteroatoms. The first kappa shape index (κ1) is 14.9. The first-order valence-corrected chi connectivity index (χ1v) is 6.39. The molecule has 0 aliphatic carbocycles. The molecule has 108 valence electrons. The Bertz CT molecular complexity index is 833. The monoisotopic (exact) mass is 305 g/mol. The van der Waals surface area contributed by atoms with Crippen molar-refractivity contribution < 1.29 is 9.90 Å². The van der Waals surface area contributed by atoms with Crippen molar-refractivity contribution >= 4 is 34.9 Å². The van der Waals surface area contributed by atoms with Crippen LogP contribution in [0, 0.1) is 0 Å². The SMILES string of the molecule is CC(=O)/C(C=Nc1cnc2ccc(Cl)cn2c1=O)=C(/C)O. The predicted molar refractivity (Wildman–Crippen MR) is 80.6 cm³/mol. The van der Waals surface area contributed by atoms with Gasteiger partial charge in [0.15, 0.2) is 5.78 Å². The van der Waals surface area contributed by atoms with Crippen molar-refractivity contribution in [3.8, 4) is 0 Å². The number of Topliss-reactive ketones (excluding diaryl/α,β-unsaturated/α-hetero) is 1. The number of ketones is 1. The second-order valence-corrected chi connectivity index (χ2v) is 4.77. The minimum atomic E-state index is -0.419. The molecular weight excluding hydrogens is 294 g/mol. The van der Waals surface area contributed by atoms with Crippen molar-refractivity contribution in [1.82, 2.24) is 9.38 Å². The highest BCUT2D eigenvalue weighted by Crippen LogP contribution is 2.11. The molecule has 2 aromatic rings. The Labute approximate surface area is 125 Å². The zero-order valence-electron chi connectivity index (χ0n) is 11.4. The van der Waals surface area contributed by atoms with E-state index in [2.05, 4.69) is 9.98 Å². The Morgan fingerprint density at radius 1 is 1.43 bits per heavy atom. The highest BCUT2D eigenvalue weighted by molar-refractivity contribution is 6.30. The van der Waals surface area contributed by atoms with Crippen LogP contribution in [0.3, 0.4) is 0 Å². The molecule has 0 aliphatic heterocycles. The molecule has 0 saturated carbocycles. The fourth-order valence-corrected chi connectivity index (χ4v) is 1.86. The third-order valence-corrected chi connectivity index (χ3v) is 2.97. The third kappa shape index (κ3) is 3.17. The van der Waals surface area contributed by atoms with Gasteiger partial charge in [-0.3, -0.25) is 14.0 Å². The molecule has 2 aromatic heterocycles. The van der Waals surface area contributed by atoms with E-state index in [1.807, 2.05) is 0 Å². The number of allylic oxidation sites excluding steroid dienone is 2. The van der Waals surface area contributed by atoms with Crippen molar-refractivity contribution in [2.24, 2.45) is 4.99 Å². The number of hydrogen-bond donors (Lipinski definition) is 1. The van der Waals surface area contributed by atoms with Gasteiger partial charge in [0, 0.05) is 12.4 Å². The Kier molecular flexibility index (Phi) is 4.18. The van der Waals surface area contributed by atoms with Crippen LogP contribution in [0.5, 0.6) is 0 Å². The van der Waals surface area contributed by atoms with Crippen LogP contribution in [0.2, 0.25) is 5.02 Å². The molecule has 6 nitrogen and oxygen atoms in total. The van der Waals surface area contributed by atoms with E-state index in [9.17, 15) is 14.7 Å². The number of halogens is 1. The predicted octanol–water partition coefficient (Wildman–Crippen LogP) is 2.47. The van der Waals surface area contributed by atoms with Crippen LogP contribution in [0.25, 0.3) is 5.65 Å². The maximum Gasteiger partial charge on any atom is 0.283 e. The molecule has 0 radical (unpaired) electrons. The number of aromatic nitrogens is 2. The normalized spacial score (nSPS) is 12.7. The minimum Gasteiger partial charge on any atom is -0.512 e. The van der Waals surface area contributed by atoms with Gasteiger partial charge in [-0.15, -0.1) is 0 Å². The molecule has 0 aliphatic rings. The van der Waals surface area contributed by atoms with Gasteiger partial charge < -0.3 is 5.11 Å². The summed E-state index contributed by atoms with van der Waals surface area (Å²) in [6.45, 7) is 2.67. The van der Waals surface area contributed by atoms with E-state index < -0.39 is 5.56 Å². The maximum atomic E-state index is 12.2. The quantitative estimate of drug-likeness (QED) is 0.536. The Hall–Kier alpha value is -2.47. The fourth-order valence-electron chi connectivity index (χ4n) is 1.70. The fraction of sp³-hybridized carbons (Fsp3) is 0.143. The lowest BCUT2D eigenvalue weighted by molar-refractivity contribution is -0.113. The summed E-state index contributed by atoms with van der Waals surface area (Å²) in [5.41, 5.74) is 0.0848. The van der Waals surface area contributed by atoms with Gasteiger partial charge in [0.1, 0.15) is 17.1 Å². The Balaban J connectivity index is 2.54. The molecule has 21 heavy (non-hydrogen) atoms. The number of carbonyl (C=O) groups is 1. The molecule has 0 atom stereocenters. The molecule has 0 aromatic carbocycles. The van der Waals surface area contributed by atoms with E-state index in [0.717, 1.165) is 6.21 Å². The summed E-state index contributed by atoms with van der Waals surface area (Å²) in [6.07, 6.45) is 3.88. The number of nitrogens with zero attached hydrogens (tertiary/aromatic N) is 3. The summed E-state index contributed by atoms with van der Waals surface area (Å²) in [5, 5.41) is 9.78. The second-order valence-electron chi connectivity index (χ2n) is 4.34. The van der Waals surface area contributed by atoms with Gasteiger partial charge in [-0.1, -0.05) is 11.6 Å². The smallest absolute Gasteiger partial charge is 0.283 e. The zero-order chi connectivity index (χ0) is 15.6. The Morgan fingerprint density at radius 2 is 2.14 bits per heavy atom. The Morgan fingerprint density at radius 3 is 2.76 bits per heavy atom. The van der Waals surface area contributed by atoms with Crippen LogP contribution < -0.4 is 5.56 Å². The lowest BCUT2D eigenvalue weighted by Gasteiger charge is -2.02. The minimum absolute atomic E-state index is 0.0330. The first-order chi connectivity index (χ1) is 9.90. The van der Waals surface area contributed by atoms with Crippen LogP contribution in [-0.2, 0) is 4.79 Å². The molecule has 2 rings (SSSR count). The standard InChI is InChI=1S/C14H12ClN3O3/c1-8(19)11(9(2)20)5-16-12-6-17-13-4-3-10(15)7-18(13)14(12)21/h3-7,19H,1-2H3/b11-8-,16-5?. The van der Waals surface area contributed by atoms with E-state index in [4.69, 9.17) is 11.6 Å². The van der Waals surface area contributed by atoms with Gasteiger partial charge in [-0.05, 0) is 26.0 Å². The average Bonchev–Trinajstić information content (AvgIpc) is 2.41. The molecule has 1 N–H and O–H groups in total. The number of fused-ring (bicyclic) bond motifs is 1. The largest absolute Gasteiger partial charge is 0.512 e. The van der Waals surface area contributed by atoms with Crippen LogP contribution in [-0.4, -0.2) is 26.5 Å². The lowest BCUT2D eigenvalue weighted by atomic mass is 10.2. The lowest BCUT2D eigenvalue weighted by Crippen LogP contribution is -2.14. The number of aliphatic imine (C=N–C) groups is 1. The zero-order valence-corrected chi connectivity index (χ0v) is 12.1. The number of carbonyl (C=O) groups excluding carboxylic acids is 1. The first-order valence-electron chi connectivity index (χ1n) is 6.02. The highest BCUT2D eigenvalue weighted by Gasteiger charge is 2.07. The van der Waals surface area contributed by atoms with Crippen LogP contribution in [0.1, 0.15) is 13.8 Å². The van der Waals surface area contributed by atoms with Crippen molar-refractivity contribution in [2.75, 3.05) is 0 Å². The van der Waals surface area contributed by atoms with E-state index in [-0.39, 0.29) is 22.8 Å². The van der Waals surface area contributed by atoms with E-state index in [0.29, 0.717) is 10.7 Å². The molecule has 0 amide bonds. The van der Waals surface area contributed by atoms with E-state index >= 15 is 0 Å². The summed E-state index contributed by atoms with van der Waals surface area (Å²) < 4.78 is 1.26. The topological polar surface area (TPSA) is 84.0 Å². The summed E-state index contributed by atoms with van der Waals surface area (Å²) in [7, 11) is 0. The van der Waals surface area contributed by atoms with Gasteiger partial charge in [0.25, 0.3) is 5.56 Å². The molecule has 0 fully saturated rings. The van der Waals surface area contributed by atoms with E-state index in [1.165, 1.54) is 30.6 Å². The summed E-state index contributed by atoms with van der Waals surface area (Å²) in [6, 6.07) is 3.23. The summed E-state index contributed by atoms with van der Waals surface area (Å²) in [4.78, 5) is 31.5. The number of pyridine rings is 1. The van der Waals surface area contributed by atoms with Crippen LogP contribution in [0.4, 0.5) is 5.69 Å². The molecule has 0 spiro atoms. The summed E-state index contributed by atoms with van der Waals surface area (Å²) >= 11 is 5.84. The molecule has 0 saturated heterocycles. The maximum absolute atomic E-state index is 12.2.